The molecule has 2 aromatic carbocycles. The predicted molar refractivity (Wildman–Crippen MR) is 73.7 cm³/mol. The van der Waals surface area contributed by atoms with Crippen LogP contribution in [0.3, 0.4) is 0 Å². The maximum atomic E-state index is 6.04. The van der Waals surface area contributed by atoms with Crippen molar-refractivity contribution in [2.75, 3.05) is 6.61 Å². The molecule has 0 aromatic heterocycles. The summed E-state index contributed by atoms with van der Waals surface area (Å²) in [5, 5.41) is 0. The Labute approximate surface area is 107 Å². The number of fused-ring (bicyclic) bond motifs is 1. The number of benzene rings is 2. The lowest BCUT2D eigenvalue weighted by molar-refractivity contribution is 0.357. The first-order valence-corrected chi connectivity index (χ1v) is 6.36. The molecule has 2 heteroatoms. The Morgan fingerprint density at radius 1 is 1.17 bits per heavy atom. The second-order valence-corrected chi connectivity index (χ2v) is 4.80. The minimum atomic E-state index is 0.0469. The van der Waals surface area contributed by atoms with Crippen LogP contribution in [-0.2, 0) is 6.42 Å². The summed E-state index contributed by atoms with van der Waals surface area (Å²) in [6.45, 7) is 2.82. The van der Waals surface area contributed by atoms with Gasteiger partial charge in [0, 0.05) is 12.5 Å². The van der Waals surface area contributed by atoms with Crippen molar-refractivity contribution < 1.29 is 4.74 Å². The third kappa shape index (κ3) is 1.89. The SMILES string of the molecule is CC(N)c1ccccc1-c1ccc2c(c1)CCO2. The van der Waals surface area contributed by atoms with Gasteiger partial charge in [-0.2, -0.15) is 0 Å². The Morgan fingerprint density at radius 3 is 2.83 bits per heavy atom. The largest absolute Gasteiger partial charge is 0.493 e. The Kier molecular flexibility index (Phi) is 2.80. The lowest BCUT2D eigenvalue weighted by Crippen LogP contribution is -2.06. The Balaban J connectivity index is 2.10. The van der Waals surface area contributed by atoms with Crippen LogP contribution in [0.15, 0.2) is 42.5 Å². The molecule has 0 spiro atoms. The first kappa shape index (κ1) is 11.3. The summed E-state index contributed by atoms with van der Waals surface area (Å²) in [6.07, 6.45) is 1.00. The molecule has 1 heterocycles. The molecule has 92 valence electrons. The summed E-state index contributed by atoms with van der Waals surface area (Å²) >= 11 is 0. The molecule has 1 aliphatic rings. The first-order chi connectivity index (χ1) is 8.75. The van der Waals surface area contributed by atoms with Gasteiger partial charge in [-0.25, -0.2) is 0 Å². The highest BCUT2D eigenvalue weighted by atomic mass is 16.5. The van der Waals surface area contributed by atoms with E-state index in [2.05, 4.69) is 36.4 Å². The van der Waals surface area contributed by atoms with Gasteiger partial charge in [0.15, 0.2) is 0 Å². The molecule has 0 saturated carbocycles. The molecule has 2 N–H and O–H groups in total. The Hall–Kier alpha value is -1.80. The second kappa shape index (κ2) is 4.46. The van der Waals surface area contributed by atoms with Crippen LogP contribution in [0.5, 0.6) is 5.75 Å². The van der Waals surface area contributed by atoms with E-state index >= 15 is 0 Å². The lowest BCUT2D eigenvalue weighted by Gasteiger charge is -2.13. The molecule has 2 aromatic rings. The van der Waals surface area contributed by atoms with E-state index in [1.807, 2.05) is 13.0 Å². The quantitative estimate of drug-likeness (QED) is 0.872. The lowest BCUT2D eigenvalue weighted by atomic mass is 9.94. The van der Waals surface area contributed by atoms with Crippen molar-refractivity contribution in [3.63, 3.8) is 0 Å². The fourth-order valence-corrected chi connectivity index (χ4v) is 2.51. The second-order valence-electron chi connectivity index (χ2n) is 4.80. The van der Waals surface area contributed by atoms with E-state index in [0.29, 0.717) is 0 Å². The molecule has 1 unspecified atom stereocenters. The van der Waals surface area contributed by atoms with Crippen molar-refractivity contribution in [3.05, 3.63) is 53.6 Å². The van der Waals surface area contributed by atoms with Crippen LogP contribution >= 0.6 is 0 Å². The van der Waals surface area contributed by atoms with E-state index in [0.717, 1.165) is 18.8 Å². The molecule has 2 nitrogen and oxygen atoms in total. The summed E-state index contributed by atoms with van der Waals surface area (Å²) in [5.41, 5.74) is 11.0. The van der Waals surface area contributed by atoms with Gasteiger partial charge in [-0.15, -0.1) is 0 Å². The average molecular weight is 239 g/mol. The number of ether oxygens (including phenoxy) is 1. The van der Waals surface area contributed by atoms with Crippen molar-refractivity contribution >= 4 is 0 Å². The van der Waals surface area contributed by atoms with Crippen molar-refractivity contribution in [3.8, 4) is 16.9 Å². The van der Waals surface area contributed by atoms with E-state index in [1.54, 1.807) is 0 Å². The minimum absolute atomic E-state index is 0.0469. The first-order valence-electron chi connectivity index (χ1n) is 6.36. The number of nitrogens with two attached hydrogens (primary N) is 1. The van der Waals surface area contributed by atoms with E-state index in [1.165, 1.54) is 22.3 Å². The molecule has 0 fully saturated rings. The molecule has 0 aliphatic carbocycles. The molecule has 18 heavy (non-hydrogen) atoms. The summed E-state index contributed by atoms with van der Waals surface area (Å²) in [7, 11) is 0. The van der Waals surface area contributed by atoms with E-state index in [4.69, 9.17) is 10.5 Å². The van der Waals surface area contributed by atoms with Gasteiger partial charge in [0.25, 0.3) is 0 Å². The molecule has 1 atom stereocenters. The van der Waals surface area contributed by atoms with Gasteiger partial charge in [0.2, 0.25) is 0 Å². The Morgan fingerprint density at radius 2 is 2.00 bits per heavy atom. The number of hydrogen-bond acceptors (Lipinski definition) is 2. The summed E-state index contributed by atoms with van der Waals surface area (Å²) in [4.78, 5) is 0. The fourth-order valence-electron chi connectivity index (χ4n) is 2.51. The fraction of sp³-hybridized carbons (Fsp3) is 0.250. The maximum Gasteiger partial charge on any atom is 0.122 e. The van der Waals surface area contributed by atoms with Crippen LogP contribution in [0.25, 0.3) is 11.1 Å². The molecule has 0 radical (unpaired) electrons. The highest BCUT2D eigenvalue weighted by molar-refractivity contribution is 5.70. The number of hydrogen-bond donors (Lipinski definition) is 1. The predicted octanol–water partition coefficient (Wildman–Crippen LogP) is 3.31. The maximum absolute atomic E-state index is 6.04. The van der Waals surface area contributed by atoms with Crippen molar-refractivity contribution in [1.82, 2.24) is 0 Å². The van der Waals surface area contributed by atoms with E-state index < -0.39 is 0 Å². The summed E-state index contributed by atoms with van der Waals surface area (Å²) in [6, 6.07) is 14.8. The number of rotatable bonds is 2. The van der Waals surface area contributed by atoms with Crippen LogP contribution in [0.1, 0.15) is 24.1 Å². The van der Waals surface area contributed by atoms with Crippen molar-refractivity contribution in [2.24, 2.45) is 5.73 Å². The van der Waals surface area contributed by atoms with E-state index in [9.17, 15) is 0 Å². The zero-order valence-electron chi connectivity index (χ0n) is 10.5. The van der Waals surface area contributed by atoms with Gasteiger partial charge in [0.05, 0.1) is 6.61 Å². The molecule has 0 amide bonds. The normalized spacial score (nSPS) is 15.0. The Bertz CT molecular complexity index is 575. The van der Waals surface area contributed by atoms with Crippen LogP contribution < -0.4 is 10.5 Å². The highest BCUT2D eigenvalue weighted by Gasteiger charge is 2.14. The van der Waals surface area contributed by atoms with Gasteiger partial charge in [-0.3, -0.25) is 0 Å². The molecular weight excluding hydrogens is 222 g/mol. The van der Waals surface area contributed by atoms with Crippen LogP contribution in [-0.4, -0.2) is 6.61 Å². The third-order valence-electron chi connectivity index (χ3n) is 3.45. The standard InChI is InChI=1S/C16H17NO/c1-11(17)14-4-2-3-5-15(14)12-6-7-16-13(10-12)8-9-18-16/h2-7,10-11H,8-9,17H2,1H3. The zero-order valence-corrected chi connectivity index (χ0v) is 10.5. The smallest absolute Gasteiger partial charge is 0.122 e. The van der Waals surface area contributed by atoms with Gasteiger partial charge in [-0.05, 0) is 41.3 Å². The van der Waals surface area contributed by atoms with Gasteiger partial charge in [0.1, 0.15) is 5.75 Å². The monoisotopic (exact) mass is 239 g/mol. The van der Waals surface area contributed by atoms with Crippen LogP contribution in [0, 0.1) is 0 Å². The molecule has 3 rings (SSSR count). The molecular formula is C16H17NO. The van der Waals surface area contributed by atoms with Crippen LogP contribution in [0.2, 0.25) is 0 Å². The highest BCUT2D eigenvalue weighted by Crippen LogP contribution is 2.33. The summed E-state index contributed by atoms with van der Waals surface area (Å²) < 4.78 is 5.54. The molecule has 1 aliphatic heterocycles. The van der Waals surface area contributed by atoms with Crippen LogP contribution in [0.4, 0.5) is 0 Å². The van der Waals surface area contributed by atoms with Gasteiger partial charge in [-0.1, -0.05) is 30.3 Å². The van der Waals surface area contributed by atoms with Crippen molar-refractivity contribution in [2.45, 2.75) is 19.4 Å². The van der Waals surface area contributed by atoms with Gasteiger partial charge < -0.3 is 10.5 Å². The van der Waals surface area contributed by atoms with E-state index in [-0.39, 0.29) is 6.04 Å². The third-order valence-corrected chi connectivity index (χ3v) is 3.45. The van der Waals surface area contributed by atoms with Gasteiger partial charge >= 0.3 is 0 Å². The molecule has 0 bridgehead atoms. The summed E-state index contributed by atoms with van der Waals surface area (Å²) in [5.74, 6) is 1.03. The zero-order chi connectivity index (χ0) is 12.5. The average Bonchev–Trinajstić information content (AvgIpc) is 2.85. The minimum Gasteiger partial charge on any atom is -0.493 e. The topological polar surface area (TPSA) is 35.2 Å². The molecule has 0 saturated heterocycles. The van der Waals surface area contributed by atoms with Crippen molar-refractivity contribution in [1.29, 1.82) is 0 Å².